The first kappa shape index (κ1) is 15.8. The molecule has 6 heteroatoms. The van der Waals surface area contributed by atoms with Crippen molar-refractivity contribution in [2.75, 3.05) is 13.1 Å². The minimum atomic E-state index is -0.781. The predicted molar refractivity (Wildman–Crippen MR) is 87.5 cm³/mol. The number of nitrogens with two attached hydrogens (primary N) is 1. The summed E-state index contributed by atoms with van der Waals surface area (Å²) in [5.41, 5.74) is 5.42. The Morgan fingerprint density at radius 2 is 1.71 bits per heavy atom. The molecular weight excluding hydrogens is 306 g/mol. The number of imide groups is 1. The first-order valence-corrected chi connectivity index (χ1v) is 9.12. The molecule has 1 aliphatic heterocycles. The van der Waals surface area contributed by atoms with Gasteiger partial charge in [0.05, 0.1) is 17.4 Å². The number of carbonyl (C=O) groups excluding carboxylic acids is 3. The van der Waals surface area contributed by atoms with Crippen LogP contribution in [0.5, 0.6) is 0 Å². The van der Waals surface area contributed by atoms with E-state index >= 15 is 0 Å². The average molecular weight is 331 g/mol. The van der Waals surface area contributed by atoms with E-state index in [0.717, 1.165) is 25.7 Å². The van der Waals surface area contributed by atoms with Gasteiger partial charge in [-0.1, -0.05) is 31.4 Å². The minimum Gasteiger partial charge on any atom is -0.353 e. The second-order valence-electron chi connectivity index (χ2n) is 7.80. The number of hydrogen-bond acceptors (Lipinski definition) is 4. The van der Waals surface area contributed by atoms with Crippen LogP contribution in [0.4, 0.5) is 0 Å². The van der Waals surface area contributed by atoms with Crippen molar-refractivity contribution < 1.29 is 14.4 Å². The lowest BCUT2D eigenvalue weighted by Crippen LogP contribution is -2.56. The Balaban J connectivity index is 1.33. The molecule has 4 aliphatic rings. The van der Waals surface area contributed by atoms with E-state index in [1.807, 2.05) is 0 Å². The van der Waals surface area contributed by atoms with Crippen molar-refractivity contribution in [3.63, 3.8) is 0 Å². The average Bonchev–Trinajstić information content (AvgIpc) is 3.24. The fourth-order valence-electron chi connectivity index (χ4n) is 5.05. The summed E-state index contributed by atoms with van der Waals surface area (Å²) in [5, 5.41) is 2.84. The lowest BCUT2D eigenvalue weighted by Gasteiger charge is -2.32. The zero-order valence-electron chi connectivity index (χ0n) is 13.9. The summed E-state index contributed by atoms with van der Waals surface area (Å²) in [6.07, 6.45) is 9.61. The summed E-state index contributed by atoms with van der Waals surface area (Å²) in [6, 6.07) is 0. The molecule has 6 nitrogen and oxygen atoms in total. The minimum absolute atomic E-state index is 0.0590. The van der Waals surface area contributed by atoms with Crippen molar-refractivity contribution in [2.45, 2.75) is 44.1 Å². The monoisotopic (exact) mass is 331 g/mol. The van der Waals surface area contributed by atoms with E-state index in [-0.39, 0.29) is 54.5 Å². The fraction of sp³-hybridized carbons (Fsp3) is 0.722. The van der Waals surface area contributed by atoms with Crippen molar-refractivity contribution in [1.82, 2.24) is 10.2 Å². The van der Waals surface area contributed by atoms with Crippen LogP contribution in [-0.2, 0) is 14.4 Å². The molecule has 24 heavy (non-hydrogen) atoms. The molecule has 0 radical (unpaired) electrons. The number of amides is 3. The van der Waals surface area contributed by atoms with Crippen LogP contribution in [0.25, 0.3) is 0 Å². The van der Waals surface area contributed by atoms with E-state index in [2.05, 4.69) is 17.5 Å². The van der Waals surface area contributed by atoms with E-state index in [1.165, 1.54) is 4.90 Å². The van der Waals surface area contributed by atoms with E-state index in [4.69, 9.17) is 5.73 Å². The summed E-state index contributed by atoms with van der Waals surface area (Å²) in [4.78, 5) is 38.8. The highest BCUT2D eigenvalue weighted by Gasteiger charge is 2.59. The normalized spacial score (nSPS) is 36.3. The first-order chi connectivity index (χ1) is 11.5. The van der Waals surface area contributed by atoms with Gasteiger partial charge in [0.1, 0.15) is 0 Å². The first-order valence-electron chi connectivity index (χ1n) is 9.12. The molecule has 2 bridgehead atoms. The number of hydrogen-bond donors (Lipinski definition) is 2. The molecule has 1 heterocycles. The SMILES string of the molecule is NC1(C(=O)NCCN2C(=O)C3C4C=CC(C4)C3C2=O)CCCCC1. The lowest BCUT2D eigenvalue weighted by molar-refractivity contribution is -0.141. The number of nitrogens with one attached hydrogen (secondary N) is 1. The van der Waals surface area contributed by atoms with Gasteiger partial charge < -0.3 is 11.1 Å². The van der Waals surface area contributed by atoms with Crippen molar-refractivity contribution in [1.29, 1.82) is 0 Å². The molecule has 3 aliphatic carbocycles. The maximum Gasteiger partial charge on any atom is 0.240 e. The van der Waals surface area contributed by atoms with E-state index < -0.39 is 5.54 Å². The largest absolute Gasteiger partial charge is 0.353 e. The highest BCUT2D eigenvalue weighted by Crippen LogP contribution is 2.52. The maximum atomic E-state index is 12.6. The molecule has 130 valence electrons. The summed E-state index contributed by atoms with van der Waals surface area (Å²) < 4.78 is 0. The lowest BCUT2D eigenvalue weighted by atomic mass is 9.82. The van der Waals surface area contributed by atoms with Gasteiger partial charge in [0.15, 0.2) is 0 Å². The number of fused-ring (bicyclic) bond motifs is 5. The van der Waals surface area contributed by atoms with Crippen LogP contribution in [0.1, 0.15) is 38.5 Å². The molecule has 0 aromatic carbocycles. The summed E-state index contributed by atoms with van der Waals surface area (Å²) in [5.74, 6) is -0.142. The maximum absolute atomic E-state index is 12.6. The van der Waals surface area contributed by atoms with Gasteiger partial charge in [-0.15, -0.1) is 0 Å². The van der Waals surface area contributed by atoms with Crippen molar-refractivity contribution in [3.8, 4) is 0 Å². The van der Waals surface area contributed by atoms with Crippen LogP contribution >= 0.6 is 0 Å². The quantitative estimate of drug-likeness (QED) is 0.582. The summed E-state index contributed by atoms with van der Waals surface area (Å²) >= 11 is 0. The fourth-order valence-corrected chi connectivity index (χ4v) is 5.05. The smallest absolute Gasteiger partial charge is 0.240 e. The molecule has 4 unspecified atom stereocenters. The van der Waals surface area contributed by atoms with Crippen molar-refractivity contribution >= 4 is 17.7 Å². The zero-order valence-corrected chi connectivity index (χ0v) is 13.9. The summed E-state index contributed by atoms with van der Waals surface area (Å²) in [7, 11) is 0. The summed E-state index contributed by atoms with van der Waals surface area (Å²) in [6.45, 7) is 0.545. The van der Waals surface area contributed by atoms with Crippen molar-refractivity contribution in [2.24, 2.45) is 29.4 Å². The molecule has 4 atom stereocenters. The third kappa shape index (κ3) is 2.31. The third-order valence-corrected chi connectivity index (χ3v) is 6.38. The number of nitrogens with zero attached hydrogens (tertiary/aromatic N) is 1. The van der Waals surface area contributed by atoms with Gasteiger partial charge in [-0.3, -0.25) is 19.3 Å². The Bertz CT molecular complexity index is 579. The molecule has 3 amide bonds. The van der Waals surface area contributed by atoms with Crippen LogP contribution in [0.2, 0.25) is 0 Å². The highest BCUT2D eigenvalue weighted by molar-refractivity contribution is 6.06. The van der Waals surface area contributed by atoms with Gasteiger partial charge in [-0.05, 0) is 31.1 Å². The Hall–Kier alpha value is -1.69. The molecule has 3 N–H and O–H groups in total. The Morgan fingerprint density at radius 1 is 1.12 bits per heavy atom. The topological polar surface area (TPSA) is 92.5 Å². The number of rotatable bonds is 4. The standard InChI is InChI=1S/C18H25N3O3/c19-18(6-2-1-3-7-18)17(24)20-8-9-21-15(22)13-11-4-5-12(10-11)14(13)16(21)23/h4-5,11-14H,1-3,6-10,19H2,(H,20,24). The Labute approximate surface area is 141 Å². The van der Waals surface area contributed by atoms with Gasteiger partial charge in [-0.2, -0.15) is 0 Å². The molecule has 0 aromatic rings. The second-order valence-corrected chi connectivity index (χ2v) is 7.80. The Kier molecular flexibility index (Phi) is 3.75. The molecule has 0 aromatic heterocycles. The third-order valence-electron chi connectivity index (χ3n) is 6.38. The number of likely N-dealkylation sites (tertiary alicyclic amines) is 1. The molecule has 4 rings (SSSR count). The Morgan fingerprint density at radius 3 is 2.29 bits per heavy atom. The van der Waals surface area contributed by atoms with Crippen LogP contribution in [0.3, 0.4) is 0 Å². The van der Waals surface area contributed by atoms with Gasteiger partial charge in [0.2, 0.25) is 17.7 Å². The second kappa shape index (κ2) is 5.69. The van der Waals surface area contributed by atoms with Gasteiger partial charge >= 0.3 is 0 Å². The molecule has 0 spiro atoms. The van der Waals surface area contributed by atoms with E-state index in [9.17, 15) is 14.4 Å². The van der Waals surface area contributed by atoms with Crippen LogP contribution in [-0.4, -0.2) is 41.2 Å². The zero-order chi connectivity index (χ0) is 16.9. The molecular formula is C18H25N3O3. The van der Waals surface area contributed by atoms with Gasteiger partial charge in [0, 0.05) is 13.1 Å². The molecule has 3 fully saturated rings. The highest BCUT2D eigenvalue weighted by atomic mass is 16.2. The number of allylic oxidation sites excluding steroid dienone is 2. The predicted octanol–water partition coefficient (Wildman–Crippen LogP) is 0.571. The van der Waals surface area contributed by atoms with E-state index in [0.29, 0.717) is 12.8 Å². The van der Waals surface area contributed by atoms with Crippen LogP contribution in [0, 0.1) is 23.7 Å². The van der Waals surface area contributed by atoms with Crippen LogP contribution < -0.4 is 11.1 Å². The van der Waals surface area contributed by atoms with Gasteiger partial charge in [0.25, 0.3) is 0 Å². The van der Waals surface area contributed by atoms with Crippen molar-refractivity contribution in [3.05, 3.63) is 12.2 Å². The van der Waals surface area contributed by atoms with Crippen LogP contribution in [0.15, 0.2) is 12.2 Å². The van der Waals surface area contributed by atoms with E-state index in [1.54, 1.807) is 0 Å². The number of carbonyl (C=O) groups is 3. The molecule has 2 saturated carbocycles. The molecule has 1 saturated heterocycles. The van der Waals surface area contributed by atoms with Gasteiger partial charge in [-0.25, -0.2) is 0 Å².